The molecule has 0 heterocycles. The first-order valence-corrected chi connectivity index (χ1v) is 7.43. The molecule has 0 aliphatic heterocycles. The number of halogens is 1. The molecule has 0 saturated carbocycles. The van der Waals surface area contributed by atoms with E-state index in [4.69, 9.17) is 4.74 Å². The van der Waals surface area contributed by atoms with Crippen LogP contribution < -0.4 is 10.6 Å². The number of ether oxygens (including phenoxy) is 1. The molecular formula is C16H15BrN2O3. The van der Waals surface area contributed by atoms with Crippen LogP contribution >= 0.6 is 15.9 Å². The highest BCUT2D eigenvalue weighted by molar-refractivity contribution is 9.10. The van der Waals surface area contributed by atoms with Crippen molar-refractivity contribution in [3.63, 3.8) is 0 Å². The van der Waals surface area contributed by atoms with Crippen LogP contribution in [0, 0.1) is 0 Å². The van der Waals surface area contributed by atoms with Crippen molar-refractivity contribution in [2.45, 2.75) is 6.61 Å². The second-order valence-corrected chi connectivity index (χ2v) is 5.39. The van der Waals surface area contributed by atoms with E-state index in [-0.39, 0.29) is 19.1 Å². The first kappa shape index (κ1) is 16.0. The Morgan fingerprint density at radius 1 is 1.00 bits per heavy atom. The molecule has 6 heteroatoms. The van der Waals surface area contributed by atoms with Crippen molar-refractivity contribution in [2.24, 2.45) is 0 Å². The van der Waals surface area contributed by atoms with Crippen molar-refractivity contribution in [3.8, 4) is 0 Å². The van der Waals surface area contributed by atoms with E-state index in [0.717, 1.165) is 10.0 Å². The predicted octanol–water partition coefficient (Wildman–Crippen LogP) is 3.31. The van der Waals surface area contributed by atoms with Crippen LogP contribution in [0.3, 0.4) is 0 Å². The minimum absolute atomic E-state index is 0.149. The molecule has 114 valence electrons. The fourth-order valence-electron chi connectivity index (χ4n) is 1.66. The molecule has 2 aromatic rings. The van der Waals surface area contributed by atoms with Crippen LogP contribution in [0.25, 0.3) is 0 Å². The summed E-state index contributed by atoms with van der Waals surface area (Å²) in [6, 6.07) is 16.5. The summed E-state index contributed by atoms with van der Waals surface area (Å²) >= 11 is 3.31. The molecule has 0 radical (unpaired) electrons. The van der Waals surface area contributed by atoms with Crippen LogP contribution in [0.1, 0.15) is 5.56 Å². The summed E-state index contributed by atoms with van der Waals surface area (Å²) in [5, 5.41) is 5.07. The van der Waals surface area contributed by atoms with E-state index in [1.54, 1.807) is 12.1 Å². The Bertz CT molecular complexity index is 630. The summed E-state index contributed by atoms with van der Waals surface area (Å²) in [6.45, 7) is 0.0185. The van der Waals surface area contributed by atoms with Gasteiger partial charge in [0.1, 0.15) is 13.2 Å². The molecule has 2 aromatic carbocycles. The minimum Gasteiger partial charge on any atom is -0.445 e. The van der Waals surface area contributed by atoms with E-state index in [9.17, 15) is 9.59 Å². The molecule has 0 aliphatic rings. The van der Waals surface area contributed by atoms with Crippen molar-refractivity contribution < 1.29 is 14.3 Å². The van der Waals surface area contributed by atoms with Gasteiger partial charge >= 0.3 is 6.09 Å². The average Bonchev–Trinajstić information content (AvgIpc) is 2.54. The summed E-state index contributed by atoms with van der Waals surface area (Å²) in [5.74, 6) is -0.320. The third-order valence-corrected chi connectivity index (χ3v) is 3.26. The topological polar surface area (TPSA) is 67.4 Å². The second-order valence-electron chi connectivity index (χ2n) is 4.47. The van der Waals surface area contributed by atoms with Crippen LogP contribution in [0.4, 0.5) is 10.5 Å². The van der Waals surface area contributed by atoms with Gasteiger partial charge in [0.2, 0.25) is 5.91 Å². The summed E-state index contributed by atoms with van der Waals surface area (Å²) < 4.78 is 5.93. The Balaban J connectivity index is 1.69. The first-order chi connectivity index (χ1) is 10.6. The standard InChI is InChI=1S/C16H15BrN2O3/c17-13-6-8-14(9-7-13)19-15(20)10-18-16(21)22-11-12-4-2-1-3-5-12/h1-9H,10-11H2,(H,18,21)(H,19,20). The highest BCUT2D eigenvalue weighted by Gasteiger charge is 2.07. The van der Waals surface area contributed by atoms with Crippen LogP contribution in [-0.2, 0) is 16.1 Å². The molecule has 2 amide bonds. The molecule has 5 nitrogen and oxygen atoms in total. The number of carbonyl (C=O) groups excluding carboxylic acids is 2. The third-order valence-electron chi connectivity index (χ3n) is 2.73. The Kier molecular flexibility index (Phi) is 5.97. The Morgan fingerprint density at radius 3 is 2.36 bits per heavy atom. The maximum atomic E-state index is 11.7. The largest absolute Gasteiger partial charge is 0.445 e. The van der Waals surface area contributed by atoms with Crippen LogP contribution in [0.2, 0.25) is 0 Å². The average molecular weight is 363 g/mol. The first-order valence-electron chi connectivity index (χ1n) is 6.63. The van der Waals surface area contributed by atoms with Crippen molar-refractivity contribution >= 4 is 33.6 Å². The molecule has 0 aliphatic carbocycles. The fraction of sp³-hybridized carbons (Fsp3) is 0.125. The number of amides is 2. The zero-order valence-corrected chi connectivity index (χ0v) is 13.3. The number of rotatable bonds is 5. The Labute approximate surface area is 136 Å². The molecule has 0 unspecified atom stereocenters. The third kappa shape index (κ3) is 5.57. The lowest BCUT2D eigenvalue weighted by Gasteiger charge is -2.08. The van der Waals surface area contributed by atoms with Gasteiger partial charge in [0.25, 0.3) is 0 Å². The van der Waals surface area contributed by atoms with Gasteiger partial charge in [-0.1, -0.05) is 46.3 Å². The van der Waals surface area contributed by atoms with Gasteiger partial charge in [0.15, 0.2) is 0 Å². The van der Waals surface area contributed by atoms with E-state index < -0.39 is 6.09 Å². The maximum absolute atomic E-state index is 11.7. The Hall–Kier alpha value is -2.34. The van der Waals surface area contributed by atoms with Gasteiger partial charge < -0.3 is 15.4 Å². The fourth-order valence-corrected chi connectivity index (χ4v) is 1.93. The quantitative estimate of drug-likeness (QED) is 0.857. The molecule has 2 N–H and O–H groups in total. The lowest BCUT2D eigenvalue weighted by Crippen LogP contribution is -2.33. The Morgan fingerprint density at radius 2 is 1.68 bits per heavy atom. The number of hydrogen-bond acceptors (Lipinski definition) is 3. The molecule has 22 heavy (non-hydrogen) atoms. The number of hydrogen-bond donors (Lipinski definition) is 2. The van der Waals surface area contributed by atoms with Gasteiger partial charge in [-0.3, -0.25) is 4.79 Å². The molecule has 0 bridgehead atoms. The minimum atomic E-state index is -0.630. The lowest BCUT2D eigenvalue weighted by atomic mass is 10.2. The summed E-state index contributed by atoms with van der Waals surface area (Å²) in [4.78, 5) is 23.2. The predicted molar refractivity (Wildman–Crippen MR) is 87.4 cm³/mol. The highest BCUT2D eigenvalue weighted by Crippen LogP contribution is 2.13. The number of alkyl carbamates (subject to hydrolysis) is 1. The van der Waals surface area contributed by atoms with E-state index in [0.29, 0.717) is 5.69 Å². The van der Waals surface area contributed by atoms with Crippen LogP contribution in [-0.4, -0.2) is 18.5 Å². The van der Waals surface area contributed by atoms with Crippen molar-refractivity contribution in [2.75, 3.05) is 11.9 Å². The van der Waals surface area contributed by atoms with Crippen LogP contribution in [0.15, 0.2) is 59.1 Å². The van der Waals surface area contributed by atoms with Crippen LogP contribution in [0.5, 0.6) is 0 Å². The normalized spacial score (nSPS) is 9.86. The summed E-state index contributed by atoms with van der Waals surface area (Å²) in [7, 11) is 0. The SMILES string of the molecule is O=C(CNC(=O)OCc1ccccc1)Nc1ccc(Br)cc1. The molecule has 0 fully saturated rings. The molecule has 2 rings (SSSR count). The van der Waals surface area contributed by atoms with Gasteiger partial charge in [-0.25, -0.2) is 4.79 Å². The molecule has 0 spiro atoms. The second kappa shape index (κ2) is 8.19. The summed E-state index contributed by atoms with van der Waals surface area (Å²) in [5.41, 5.74) is 1.55. The van der Waals surface area contributed by atoms with Gasteiger partial charge in [-0.15, -0.1) is 0 Å². The van der Waals surface area contributed by atoms with Crippen molar-refractivity contribution in [3.05, 3.63) is 64.6 Å². The van der Waals surface area contributed by atoms with Crippen molar-refractivity contribution in [1.29, 1.82) is 0 Å². The highest BCUT2D eigenvalue weighted by atomic mass is 79.9. The number of benzene rings is 2. The van der Waals surface area contributed by atoms with Gasteiger partial charge in [-0.2, -0.15) is 0 Å². The molecule has 0 atom stereocenters. The van der Waals surface area contributed by atoms with E-state index in [1.165, 1.54) is 0 Å². The lowest BCUT2D eigenvalue weighted by molar-refractivity contribution is -0.115. The van der Waals surface area contributed by atoms with E-state index >= 15 is 0 Å². The van der Waals surface area contributed by atoms with Gasteiger partial charge in [-0.05, 0) is 29.8 Å². The molecule has 0 aromatic heterocycles. The van der Waals surface area contributed by atoms with Crippen molar-refractivity contribution in [1.82, 2.24) is 5.32 Å². The van der Waals surface area contributed by atoms with E-state index in [2.05, 4.69) is 26.6 Å². The maximum Gasteiger partial charge on any atom is 0.407 e. The molecule has 0 saturated heterocycles. The monoisotopic (exact) mass is 362 g/mol. The number of carbonyl (C=O) groups is 2. The number of anilines is 1. The molecular weight excluding hydrogens is 348 g/mol. The smallest absolute Gasteiger partial charge is 0.407 e. The number of nitrogens with one attached hydrogen (secondary N) is 2. The van der Waals surface area contributed by atoms with Gasteiger partial charge in [0, 0.05) is 10.2 Å². The summed E-state index contributed by atoms with van der Waals surface area (Å²) in [6.07, 6.45) is -0.630. The zero-order chi connectivity index (χ0) is 15.8. The van der Waals surface area contributed by atoms with E-state index in [1.807, 2.05) is 42.5 Å². The van der Waals surface area contributed by atoms with Gasteiger partial charge in [0.05, 0.1) is 0 Å². The zero-order valence-electron chi connectivity index (χ0n) is 11.7.